The number of aromatic nitrogens is 5. The van der Waals surface area contributed by atoms with Crippen molar-refractivity contribution in [1.29, 1.82) is 0 Å². The van der Waals surface area contributed by atoms with Crippen molar-refractivity contribution in [3.8, 4) is 34.1 Å². The Morgan fingerprint density at radius 1 is 0.837 bits per heavy atom. The molecule has 7 rings (SSSR count). The number of thiazole rings is 1. The summed E-state index contributed by atoms with van der Waals surface area (Å²) in [6, 6.07) is 32.2. The number of ether oxygens (including phenoxy) is 1. The third-order valence-corrected chi connectivity index (χ3v) is 8.34. The van der Waals surface area contributed by atoms with Gasteiger partial charge in [-0.1, -0.05) is 85.7 Å². The van der Waals surface area contributed by atoms with Gasteiger partial charge in [-0.15, -0.1) is 5.10 Å². The van der Waals surface area contributed by atoms with Gasteiger partial charge in [-0.25, -0.2) is 4.68 Å². The van der Waals surface area contributed by atoms with Crippen LogP contribution in [0.4, 0.5) is 0 Å². The van der Waals surface area contributed by atoms with Crippen LogP contribution in [0.2, 0.25) is 0 Å². The van der Waals surface area contributed by atoms with Crippen molar-refractivity contribution in [3.63, 3.8) is 0 Å². The quantitative estimate of drug-likeness (QED) is 0.172. The van der Waals surface area contributed by atoms with E-state index in [-0.39, 0.29) is 5.56 Å². The summed E-state index contributed by atoms with van der Waals surface area (Å²) in [7, 11) is 0. The van der Waals surface area contributed by atoms with Crippen LogP contribution < -0.4 is 14.8 Å². The Morgan fingerprint density at radius 3 is 2.40 bits per heavy atom. The Labute approximate surface area is 252 Å². The van der Waals surface area contributed by atoms with Crippen LogP contribution in [-0.4, -0.2) is 31.0 Å². The third-order valence-electron chi connectivity index (χ3n) is 7.38. The third kappa shape index (κ3) is 5.45. The molecule has 8 heteroatoms. The van der Waals surface area contributed by atoms with Gasteiger partial charge in [0.1, 0.15) is 11.4 Å². The molecule has 4 aromatic carbocycles. The summed E-state index contributed by atoms with van der Waals surface area (Å²) in [6.45, 7) is 2.88. The van der Waals surface area contributed by atoms with Crippen LogP contribution in [0.5, 0.6) is 5.75 Å². The first kappa shape index (κ1) is 26.8. The lowest BCUT2D eigenvalue weighted by atomic mass is 10.0. The Hall–Kier alpha value is -5.08. The van der Waals surface area contributed by atoms with Gasteiger partial charge in [-0.3, -0.25) is 4.79 Å². The molecule has 0 amide bonds. The number of benzene rings is 4. The van der Waals surface area contributed by atoms with Gasteiger partial charge < -0.3 is 4.74 Å². The lowest BCUT2D eigenvalue weighted by molar-refractivity contribution is 0.306. The summed E-state index contributed by atoms with van der Waals surface area (Å²) in [5.74, 6) is 1.33. The molecule has 7 aromatic rings. The molecular weight excluding hydrogens is 554 g/mol. The number of para-hydroxylation sites is 1. The van der Waals surface area contributed by atoms with Crippen molar-refractivity contribution in [3.05, 3.63) is 124 Å². The molecule has 0 saturated heterocycles. The van der Waals surface area contributed by atoms with Crippen LogP contribution in [0.3, 0.4) is 0 Å². The summed E-state index contributed by atoms with van der Waals surface area (Å²) in [5.41, 5.74) is 4.19. The van der Waals surface area contributed by atoms with Gasteiger partial charge in [0.2, 0.25) is 4.96 Å². The molecule has 7 nitrogen and oxygen atoms in total. The minimum Gasteiger partial charge on any atom is -0.494 e. The molecule has 0 aliphatic carbocycles. The molecule has 0 unspecified atom stereocenters. The normalized spacial score (nSPS) is 12.0. The fraction of sp³-hybridized carbons (Fsp3) is 0.143. The fourth-order valence-electron chi connectivity index (χ4n) is 5.11. The maximum absolute atomic E-state index is 13.5. The molecule has 0 N–H and O–H groups in total. The van der Waals surface area contributed by atoms with Gasteiger partial charge in [0.15, 0.2) is 5.82 Å². The molecule has 3 aromatic heterocycles. The van der Waals surface area contributed by atoms with Crippen LogP contribution in [0.15, 0.2) is 108 Å². The summed E-state index contributed by atoms with van der Waals surface area (Å²) < 4.78 is 9.61. The predicted molar refractivity (Wildman–Crippen MR) is 173 cm³/mol. The van der Waals surface area contributed by atoms with E-state index < -0.39 is 0 Å². The Balaban J connectivity index is 1.25. The first-order valence-electron chi connectivity index (χ1n) is 14.4. The molecule has 0 atom stereocenters. The standard InChI is InChI=1S/C35H29N5O2S/c1-2-3-9-20-42-30-18-16-25(17-19-30)33-36-35-40(38-33)34(41)31(43-35)22-28-23-39(29-12-5-4-6-13-29)37-32(28)27-15-14-24-10-7-8-11-26(24)21-27/h4-8,10-19,21-23H,2-3,9,20H2,1H3/b31-22-. The summed E-state index contributed by atoms with van der Waals surface area (Å²) in [4.78, 5) is 18.7. The fourth-order valence-corrected chi connectivity index (χ4v) is 6.01. The highest BCUT2D eigenvalue weighted by Gasteiger charge is 2.15. The largest absolute Gasteiger partial charge is 0.494 e. The number of rotatable bonds is 9. The Bertz CT molecular complexity index is 2150. The van der Waals surface area contributed by atoms with Crippen molar-refractivity contribution >= 4 is 33.1 Å². The number of fused-ring (bicyclic) bond motifs is 2. The number of unbranched alkanes of at least 4 members (excludes halogenated alkanes) is 2. The molecule has 43 heavy (non-hydrogen) atoms. The van der Waals surface area contributed by atoms with Gasteiger partial charge in [-0.2, -0.15) is 14.6 Å². The van der Waals surface area contributed by atoms with Gasteiger partial charge in [0, 0.05) is 22.9 Å². The Morgan fingerprint density at radius 2 is 1.60 bits per heavy atom. The van der Waals surface area contributed by atoms with E-state index >= 15 is 0 Å². The second-order valence-electron chi connectivity index (χ2n) is 10.4. The van der Waals surface area contributed by atoms with E-state index in [2.05, 4.69) is 47.3 Å². The van der Waals surface area contributed by atoms with Crippen LogP contribution >= 0.6 is 11.3 Å². The zero-order valence-electron chi connectivity index (χ0n) is 23.7. The number of nitrogens with zero attached hydrogens (tertiary/aromatic N) is 5. The topological polar surface area (TPSA) is 74.3 Å². The number of hydrogen-bond acceptors (Lipinski definition) is 6. The van der Waals surface area contributed by atoms with Crippen molar-refractivity contribution in [2.45, 2.75) is 26.2 Å². The lowest BCUT2D eigenvalue weighted by Gasteiger charge is -2.05. The van der Waals surface area contributed by atoms with E-state index in [1.54, 1.807) is 0 Å². The zero-order valence-corrected chi connectivity index (χ0v) is 24.5. The second-order valence-corrected chi connectivity index (χ2v) is 11.4. The zero-order chi connectivity index (χ0) is 29.2. The van der Waals surface area contributed by atoms with Crippen LogP contribution in [0.25, 0.3) is 50.1 Å². The summed E-state index contributed by atoms with van der Waals surface area (Å²) in [6.07, 6.45) is 7.22. The average molecular weight is 584 g/mol. The van der Waals surface area contributed by atoms with Crippen molar-refractivity contribution in [1.82, 2.24) is 24.4 Å². The lowest BCUT2D eigenvalue weighted by Crippen LogP contribution is -2.23. The minimum atomic E-state index is -0.202. The first-order chi connectivity index (χ1) is 21.2. The highest BCUT2D eigenvalue weighted by Crippen LogP contribution is 2.28. The molecule has 0 aliphatic rings. The van der Waals surface area contributed by atoms with Crippen molar-refractivity contribution in [2.24, 2.45) is 0 Å². The smallest absolute Gasteiger partial charge is 0.291 e. The SMILES string of the molecule is CCCCCOc1ccc(-c2nc3s/c(=C\c4cn(-c5ccccc5)nc4-c4ccc5ccccc5c4)c(=O)n3n2)cc1. The molecule has 0 radical (unpaired) electrons. The first-order valence-corrected chi connectivity index (χ1v) is 15.3. The van der Waals surface area contributed by atoms with E-state index in [1.807, 2.05) is 83.7 Å². The Kier molecular flexibility index (Phi) is 7.27. The molecular formula is C35H29N5O2S. The van der Waals surface area contributed by atoms with E-state index in [0.29, 0.717) is 21.9 Å². The highest BCUT2D eigenvalue weighted by atomic mass is 32.1. The monoisotopic (exact) mass is 583 g/mol. The maximum Gasteiger partial charge on any atom is 0.291 e. The summed E-state index contributed by atoms with van der Waals surface area (Å²) in [5, 5.41) is 11.8. The van der Waals surface area contributed by atoms with Crippen molar-refractivity contribution < 1.29 is 4.74 Å². The van der Waals surface area contributed by atoms with Crippen LogP contribution in [0.1, 0.15) is 31.7 Å². The van der Waals surface area contributed by atoms with Crippen LogP contribution in [-0.2, 0) is 0 Å². The maximum atomic E-state index is 13.5. The highest BCUT2D eigenvalue weighted by molar-refractivity contribution is 7.15. The molecule has 212 valence electrons. The second kappa shape index (κ2) is 11.7. The minimum absolute atomic E-state index is 0.202. The summed E-state index contributed by atoms with van der Waals surface area (Å²) >= 11 is 1.32. The molecule has 0 saturated carbocycles. The number of hydrogen-bond donors (Lipinski definition) is 0. The molecule has 0 aliphatic heterocycles. The van der Waals surface area contributed by atoms with Crippen LogP contribution in [0, 0.1) is 0 Å². The molecule has 0 spiro atoms. The van der Waals surface area contributed by atoms with Gasteiger partial charge in [0.05, 0.1) is 16.8 Å². The molecule has 0 fully saturated rings. The van der Waals surface area contributed by atoms with Crippen molar-refractivity contribution in [2.75, 3.05) is 6.61 Å². The van der Waals surface area contributed by atoms with E-state index in [4.69, 9.17) is 9.84 Å². The van der Waals surface area contributed by atoms with E-state index in [1.165, 1.54) is 15.9 Å². The van der Waals surface area contributed by atoms with E-state index in [0.717, 1.165) is 63.9 Å². The molecule has 0 bridgehead atoms. The van der Waals surface area contributed by atoms with Gasteiger partial charge in [-0.05, 0) is 65.7 Å². The van der Waals surface area contributed by atoms with E-state index in [9.17, 15) is 4.79 Å². The predicted octanol–water partition coefficient (Wildman–Crippen LogP) is 6.94. The van der Waals surface area contributed by atoms with Gasteiger partial charge >= 0.3 is 0 Å². The average Bonchev–Trinajstić information content (AvgIpc) is 3.75. The molecule has 3 heterocycles. The van der Waals surface area contributed by atoms with Gasteiger partial charge in [0.25, 0.3) is 5.56 Å².